The number of furan rings is 1. The van der Waals surface area contributed by atoms with Gasteiger partial charge in [-0.05, 0) is 78.9 Å². The van der Waals surface area contributed by atoms with Gasteiger partial charge < -0.3 is 19.2 Å². The van der Waals surface area contributed by atoms with E-state index in [1.54, 1.807) is 20.4 Å². The number of rotatable bonds is 7. The molecule has 3 rings (SSSR count). The van der Waals surface area contributed by atoms with Gasteiger partial charge in [0.25, 0.3) is 0 Å². The number of ether oxygens (including phenoxy) is 2. The third-order valence-electron chi connectivity index (χ3n) is 4.99. The van der Waals surface area contributed by atoms with E-state index in [0.29, 0.717) is 23.7 Å². The van der Waals surface area contributed by atoms with E-state index in [1.165, 1.54) is 0 Å². The molecule has 1 N–H and O–H groups in total. The molecule has 0 unspecified atom stereocenters. The molecule has 1 amide bonds. The summed E-state index contributed by atoms with van der Waals surface area (Å²) in [5.74, 6) is 2.00. The smallest absolute Gasteiger partial charge is 0.246 e. The first-order valence-corrected chi connectivity index (χ1v) is 9.78. The van der Waals surface area contributed by atoms with Crippen molar-refractivity contribution in [3.8, 4) is 22.6 Å². The summed E-state index contributed by atoms with van der Waals surface area (Å²) in [6.45, 7) is 6.26. The lowest BCUT2D eigenvalue weighted by Crippen LogP contribution is -2.18. The van der Waals surface area contributed by atoms with Crippen molar-refractivity contribution >= 4 is 12.0 Å². The molecule has 0 fully saturated rings. The highest BCUT2D eigenvalue weighted by Crippen LogP contribution is 2.35. The maximum atomic E-state index is 11.8. The summed E-state index contributed by atoms with van der Waals surface area (Å²) in [6.07, 6.45) is 3.54. The van der Waals surface area contributed by atoms with Crippen LogP contribution in [0.2, 0.25) is 0 Å². The molecule has 0 saturated heterocycles. The maximum absolute atomic E-state index is 11.8. The van der Waals surface area contributed by atoms with Crippen molar-refractivity contribution in [2.45, 2.75) is 27.4 Å². The standard InChI is InChI=1S/C25H27NO4/c1-16-13-22(17(2)11-20(16)12-18(3)25(27)26-4)19-8-9-23(24(14-19)28-5)30-15-21-7-6-10-29-21/h6-14H,15H2,1-5H3,(H,26,27)/b18-12+. The fourth-order valence-electron chi connectivity index (χ4n) is 3.30. The second-order valence-corrected chi connectivity index (χ2v) is 7.16. The molecule has 3 aromatic rings. The first-order valence-electron chi connectivity index (χ1n) is 9.78. The number of methoxy groups -OCH3 is 1. The molecule has 5 nitrogen and oxygen atoms in total. The minimum absolute atomic E-state index is 0.0778. The average Bonchev–Trinajstić information content (AvgIpc) is 3.27. The van der Waals surface area contributed by atoms with Crippen LogP contribution in [0.3, 0.4) is 0 Å². The van der Waals surface area contributed by atoms with E-state index in [9.17, 15) is 4.79 Å². The molecule has 0 bridgehead atoms. The van der Waals surface area contributed by atoms with Crippen molar-refractivity contribution in [2.24, 2.45) is 0 Å². The zero-order chi connectivity index (χ0) is 21.7. The molecular weight excluding hydrogens is 378 g/mol. The Morgan fingerprint density at radius 2 is 1.90 bits per heavy atom. The third-order valence-corrected chi connectivity index (χ3v) is 4.99. The number of hydrogen-bond donors (Lipinski definition) is 1. The second kappa shape index (κ2) is 9.35. The number of carbonyl (C=O) groups excluding carboxylic acids is 1. The first kappa shape index (κ1) is 21.2. The van der Waals surface area contributed by atoms with Crippen LogP contribution in [-0.4, -0.2) is 20.1 Å². The maximum Gasteiger partial charge on any atom is 0.246 e. The Kier molecular flexibility index (Phi) is 6.62. The third kappa shape index (κ3) is 4.74. The van der Waals surface area contributed by atoms with Crippen LogP contribution in [0.5, 0.6) is 11.5 Å². The highest BCUT2D eigenvalue weighted by molar-refractivity contribution is 5.97. The summed E-state index contributed by atoms with van der Waals surface area (Å²) < 4.78 is 16.7. The van der Waals surface area contributed by atoms with Gasteiger partial charge in [-0.25, -0.2) is 0 Å². The van der Waals surface area contributed by atoms with Gasteiger partial charge in [0.2, 0.25) is 5.91 Å². The summed E-state index contributed by atoms with van der Waals surface area (Å²) in [6, 6.07) is 13.8. The van der Waals surface area contributed by atoms with Crippen LogP contribution in [0.15, 0.2) is 58.7 Å². The zero-order valence-electron chi connectivity index (χ0n) is 18.0. The molecule has 0 saturated carbocycles. The fraction of sp³-hybridized carbons (Fsp3) is 0.240. The monoisotopic (exact) mass is 405 g/mol. The highest BCUT2D eigenvalue weighted by atomic mass is 16.5. The van der Waals surface area contributed by atoms with Gasteiger partial charge in [-0.15, -0.1) is 0 Å². The quantitative estimate of drug-likeness (QED) is 0.542. The van der Waals surface area contributed by atoms with E-state index >= 15 is 0 Å². The highest BCUT2D eigenvalue weighted by Gasteiger charge is 2.12. The van der Waals surface area contributed by atoms with E-state index in [1.807, 2.05) is 50.3 Å². The number of likely N-dealkylation sites (N-methyl/N-ethyl adjacent to an activating group) is 1. The van der Waals surface area contributed by atoms with E-state index in [0.717, 1.165) is 33.6 Å². The van der Waals surface area contributed by atoms with Crippen LogP contribution in [0.1, 0.15) is 29.4 Å². The van der Waals surface area contributed by atoms with E-state index in [2.05, 4.69) is 24.4 Å². The van der Waals surface area contributed by atoms with Crippen molar-refractivity contribution in [1.82, 2.24) is 5.32 Å². The number of carbonyl (C=O) groups is 1. The van der Waals surface area contributed by atoms with E-state index in [-0.39, 0.29) is 5.91 Å². The van der Waals surface area contributed by atoms with Crippen LogP contribution in [-0.2, 0) is 11.4 Å². The number of nitrogens with one attached hydrogen (secondary N) is 1. The lowest BCUT2D eigenvalue weighted by molar-refractivity contribution is -0.116. The topological polar surface area (TPSA) is 60.7 Å². The molecule has 0 aliphatic heterocycles. The lowest BCUT2D eigenvalue weighted by atomic mass is 9.94. The van der Waals surface area contributed by atoms with Crippen molar-refractivity contribution < 1.29 is 18.7 Å². The van der Waals surface area contributed by atoms with Crippen LogP contribution in [0, 0.1) is 13.8 Å². The molecule has 0 atom stereocenters. The predicted molar refractivity (Wildman–Crippen MR) is 119 cm³/mol. The molecule has 2 aromatic carbocycles. The van der Waals surface area contributed by atoms with Crippen molar-refractivity contribution in [3.63, 3.8) is 0 Å². The predicted octanol–water partition coefficient (Wildman–Crippen LogP) is 5.30. The normalized spacial score (nSPS) is 11.3. The van der Waals surface area contributed by atoms with Gasteiger partial charge in [0.1, 0.15) is 12.4 Å². The number of amides is 1. The van der Waals surface area contributed by atoms with Gasteiger partial charge >= 0.3 is 0 Å². The SMILES string of the molecule is CNC(=O)/C(C)=C/c1cc(C)c(-c2ccc(OCc3ccco3)c(OC)c2)cc1C. The first-order chi connectivity index (χ1) is 14.4. The number of aryl methyl sites for hydroxylation is 2. The Hall–Kier alpha value is -3.47. The number of benzene rings is 2. The molecule has 30 heavy (non-hydrogen) atoms. The summed E-state index contributed by atoms with van der Waals surface area (Å²) >= 11 is 0. The Balaban J connectivity index is 1.89. The lowest BCUT2D eigenvalue weighted by Gasteiger charge is -2.14. The molecule has 5 heteroatoms. The second-order valence-electron chi connectivity index (χ2n) is 7.16. The summed E-state index contributed by atoms with van der Waals surface area (Å²) in [4.78, 5) is 11.8. The van der Waals surface area contributed by atoms with Crippen molar-refractivity contribution in [2.75, 3.05) is 14.2 Å². The zero-order valence-corrected chi connectivity index (χ0v) is 18.0. The van der Waals surface area contributed by atoms with Gasteiger partial charge in [0.05, 0.1) is 13.4 Å². The minimum atomic E-state index is -0.0778. The molecule has 156 valence electrons. The molecule has 1 aromatic heterocycles. The Labute approximate surface area is 177 Å². The summed E-state index contributed by atoms with van der Waals surface area (Å²) in [5, 5.41) is 2.65. The molecule has 0 aliphatic carbocycles. The molecule has 1 heterocycles. The van der Waals surface area contributed by atoms with Crippen molar-refractivity contribution in [1.29, 1.82) is 0 Å². The average molecular weight is 405 g/mol. The molecule has 0 spiro atoms. The molecule has 0 radical (unpaired) electrons. The van der Waals surface area contributed by atoms with Gasteiger partial charge in [0, 0.05) is 12.6 Å². The van der Waals surface area contributed by atoms with Crippen LogP contribution in [0.4, 0.5) is 0 Å². The van der Waals surface area contributed by atoms with Crippen LogP contribution in [0.25, 0.3) is 17.2 Å². The summed E-state index contributed by atoms with van der Waals surface area (Å²) in [5.41, 5.74) is 6.06. The van der Waals surface area contributed by atoms with Gasteiger partial charge in [-0.3, -0.25) is 4.79 Å². The Morgan fingerprint density at radius 3 is 2.57 bits per heavy atom. The van der Waals surface area contributed by atoms with Crippen LogP contribution < -0.4 is 14.8 Å². The van der Waals surface area contributed by atoms with Crippen molar-refractivity contribution in [3.05, 3.63) is 76.8 Å². The molecular formula is C25H27NO4. The van der Waals surface area contributed by atoms with Gasteiger partial charge in [0.15, 0.2) is 11.5 Å². The van der Waals surface area contributed by atoms with Gasteiger partial charge in [-0.2, -0.15) is 0 Å². The van der Waals surface area contributed by atoms with E-state index in [4.69, 9.17) is 13.9 Å². The number of hydrogen-bond acceptors (Lipinski definition) is 4. The Bertz CT molecular complexity index is 1070. The van der Waals surface area contributed by atoms with E-state index < -0.39 is 0 Å². The van der Waals surface area contributed by atoms with Gasteiger partial charge in [-0.1, -0.05) is 18.2 Å². The van der Waals surface area contributed by atoms with Crippen LogP contribution >= 0.6 is 0 Å². The molecule has 0 aliphatic rings. The Morgan fingerprint density at radius 1 is 1.10 bits per heavy atom. The fourth-order valence-corrected chi connectivity index (χ4v) is 3.30. The largest absolute Gasteiger partial charge is 0.493 e. The summed E-state index contributed by atoms with van der Waals surface area (Å²) in [7, 11) is 3.27. The minimum Gasteiger partial charge on any atom is -0.493 e.